The fourth-order valence-corrected chi connectivity index (χ4v) is 0.832. The van der Waals surface area contributed by atoms with Gasteiger partial charge in [0.15, 0.2) is 0 Å². The molecule has 0 aliphatic carbocycles. The zero-order valence-electron chi connectivity index (χ0n) is 6.50. The molecule has 0 radical (unpaired) electrons. The lowest BCUT2D eigenvalue weighted by molar-refractivity contribution is -0.112. The fourth-order valence-electron chi connectivity index (χ4n) is 0.832. The van der Waals surface area contributed by atoms with Gasteiger partial charge >= 0.3 is 0 Å². The number of ether oxygens (including phenoxy) is 1. The molecule has 64 valence electrons. The van der Waals surface area contributed by atoms with Gasteiger partial charge in [0, 0.05) is 5.56 Å². The fraction of sp³-hybridized carbons (Fsp3) is 0.222. The van der Waals surface area contributed by atoms with E-state index in [4.69, 9.17) is 4.74 Å². The van der Waals surface area contributed by atoms with Crippen molar-refractivity contribution in [2.24, 2.45) is 0 Å². The van der Waals surface area contributed by atoms with E-state index >= 15 is 0 Å². The molecule has 0 unspecified atom stereocenters. The van der Waals surface area contributed by atoms with Gasteiger partial charge in [0.25, 0.3) is 0 Å². The molecule has 2 nitrogen and oxygen atoms in total. The molecule has 1 aromatic rings. The highest BCUT2D eigenvalue weighted by molar-refractivity contribution is 5.50. The molecule has 0 saturated heterocycles. The third-order valence-corrected chi connectivity index (χ3v) is 1.40. The lowest BCUT2D eigenvalue weighted by Gasteiger charge is -2.00. The predicted molar refractivity (Wildman–Crippen MR) is 42.1 cm³/mol. The van der Waals surface area contributed by atoms with E-state index in [1.165, 1.54) is 6.07 Å². The van der Waals surface area contributed by atoms with Crippen molar-refractivity contribution in [3.63, 3.8) is 0 Å². The van der Waals surface area contributed by atoms with E-state index in [0.29, 0.717) is 11.8 Å². The van der Waals surface area contributed by atoms with Crippen molar-refractivity contribution >= 4 is 6.29 Å². The van der Waals surface area contributed by atoms with Crippen molar-refractivity contribution in [3.8, 4) is 0 Å². The summed E-state index contributed by atoms with van der Waals surface area (Å²) in [5.41, 5.74) is 0.472. The Morgan fingerprint density at radius 1 is 1.42 bits per heavy atom. The maximum absolute atomic E-state index is 12.8. The minimum absolute atomic E-state index is 0.00827. The molecule has 1 aromatic carbocycles. The van der Waals surface area contributed by atoms with Crippen LogP contribution >= 0.6 is 0 Å². The first kappa shape index (κ1) is 8.87. The molecule has 0 aromatic heterocycles. The number of rotatable bonds is 4. The average molecular weight is 168 g/mol. The highest BCUT2D eigenvalue weighted by atomic mass is 19.1. The van der Waals surface area contributed by atoms with E-state index in [0.717, 1.165) is 0 Å². The van der Waals surface area contributed by atoms with Crippen LogP contribution in [0.25, 0.3) is 0 Å². The Morgan fingerprint density at radius 3 is 2.83 bits per heavy atom. The molecule has 3 heteroatoms. The van der Waals surface area contributed by atoms with Crippen molar-refractivity contribution in [3.05, 3.63) is 35.6 Å². The van der Waals surface area contributed by atoms with Crippen LogP contribution in [0.1, 0.15) is 5.56 Å². The van der Waals surface area contributed by atoms with Gasteiger partial charge in [-0.1, -0.05) is 18.2 Å². The first-order valence-corrected chi connectivity index (χ1v) is 3.59. The first-order chi connectivity index (χ1) is 5.84. The normalized spacial score (nSPS) is 9.75. The smallest absolute Gasteiger partial charge is 0.145 e. The van der Waals surface area contributed by atoms with Crippen LogP contribution in [-0.4, -0.2) is 12.9 Å². The molecule has 12 heavy (non-hydrogen) atoms. The number of aldehydes is 1. The number of benzene rings is 1. The molecule has 0 aliphatic rings. The van der Waals surface area contributed by atoms with Crippen molar-refractivity contribution in [1.82, 2.24) is 0 Å². The first-order valence-electron chi connectivity index (χ1n) is 3.59. The van der Waals surface area contributed by atoms with Crippen molar-refractivity contribution in [2.45, 2.75) is 6.61 Å². The van der Waals surface area contributed by atoms with Gasteiger partial charge in [-0.25, -0.2) is 4.39 Å². The standard InChI is InChI=1S/C9H9FO2/c10-9-4-2-1-3-8(9)7-12-6-5-11/h1-5H,6-7H2. The van der Waals surface area contributed by atoms with Crippen LogP contribution in [0.5, 0.6) is 0 Å². The number of hydrogen-bond acceptors (Lipinski definition) is 2. The Balaban J connectivity index is 2.51. The summed E-state index contributed by atoms with van der Waals surface area (Å²) in [6, 6.07) is 6.32. The number of carbonyl (C=O) groups excluding carboxylic acids is 1. The van der Waals surface area contributed by atoms with Gasteiger partial charge in [0.1, 0.15) is 18.7 Å². The summed E-state index contributed by atoms with van der Waals surface area (Å²) < 4.78 is 17.7. The summed E-state index contributed by atoms with van der Waals surface area (Å²) in [6.07, 6.45) is 0.640. The highest BCUT2D eigenvalue weighted by Crippen LogP contribution is 2.06. The van der Waals surface area contributed by atoms with Crippen LogP contribution in [0.4, 0.5) is 4.39 Å². The molecule has 0 spiro atoms. The summed E-state index contributed by atoms with van der Waals surface area (Å²) in [5, 5.41) is 0. The minimum atomic E-state index is -0.302. The van der Waals surface area contributed by atoms with Crippen LogP contribution in [0, 0.1) is 5.82 Å². The number of carbonyl (C=O) groups is 1. The van der Waals surface area contributed by atoms with E-state index < -0.39 is 0 Å². The third kappa shape index (κ3) is 2.43. The van der Waals surface area contributed by atoms with Crippen LogP contribution in [0.2, 0.25) is 0 Å². The Morgan fingerprint density at radius 2 is 2.17 bits per heavy atom. The number of hydrogen-bond donors (Lipinski definition) is 0. The average Bonchev–Trinajstić information content (AvgIpc) is 2.09. The molecule has 0 N–H and O–H groups in total. The zero-order valence-corrected chi connectivity index (χ0v) is 6.50. The molecule has 0 amide bonds. The second-order valence-electron chi connectivity index (χ2n) is 2.27. The summed E-state index contributed by atoms with van der Waals surface area (Å²) in [7, 11) is 0. The van der Waals surface area contributed by atoms with Crippen LogP contribution in [-0.2, 0) is 16.1 Å². The predicted octanol–water partition coefficient (Wildman–Crippen LogP) is 1.54. The maximum atomic E-state index is 12.8. The van der Waals surface area contributed by atoms with Crippen LogP contribution in [0.15, 0.2) is 24.3 Å². The van der Waals surface area contributed by atoms with Crippen LogP contribution < -0.4 is 0 Å². The summed E-state index contributed by atoms with van der Waals surface area (Å²) in [4.78, 5) is 9.86. The van der Waals surface area contributed by atoms with Gasteiger partial charge in [-0.3, -0.25) is 0 Å². The van der Waals surface area contributed by atoms with Gasteiger partial charge in [-0.2, -0.15) is 0 Å². The second kappa shape index (κ2) is 4.62. The molecule has 0 saturated carbocycles. The molecule has 0 bridgehead atoms. The van der Waals surface area contributed by atoms with Crippen molar-refractivity contribution in [1.29, 1.82) is 0 Å². The van der Waals surface area contributed by atoms with Crippen molar-refractivity contribution < 1.29 is 13.9 Å². The topological polar surface area (TPSA) is 26.3 Å². The van der Waals surface area contributed by atoms with Crippen LogP contribution in [0.3, 0.4) is 0 Å². The summed E-state index contributed by atoms with van der Waals surface area (Å²) in [5.74, 6) is -0.302. The molecular weight excluding hydrogens is 159 g/mol. The third-order valence-electron chi connectivity index (χ3n) is 1.40. The largest absolute Gasteiger partial charge is 0.369 e. The lowest BCUT2D eigenvalue weighted by atomic mass is 10.2. The Bertz CT molecular complexity index is 260. The van der Waals surface area contributed by atoms with Gasteiger partial charge in [-0.05, 0) is 6.07 Å². The summed E-state index contributed by atoms with van der Waals surface area (Å²) >= 11 is 0. The molecule has 1 rings (SSSR count). The zero-order chi connectivity index (χ0) is 8.81. The molecule has 0 fully saturated rings. The Hall–Kier alpha value is -1.22. The molecular formula is C9H9FO2. The van der Waals surface area contributed by atoms with E-state index in [9.17, 15) is 9.18 Å². The molecule has 0 heterocycles. The molecule has 0 aliphatic heterocycles. The van der Waals surface area contributed by atoms with E-state index in [1.54, 1.807) is 18.2 Å². The van der Waals surface area contributed by atoms with Gasteiger partial charge in [-0.15, -0.1) is 0 Å². The Kier molecular flexibility index (Phi) is 3.41. The van der Waals surface area contributed by atoms with E-state index in [1.807, 2.05) is 0 Å². The Labute approximate surface area is 70.0 Å². The van der Waals surface area contributed by atoms with E-state index in [2.05, 4.69) is 0 Å². The number of halogens is 1. The van der Waals surface area contributed by atoms with Crippen molar-refractivity contribution in [2.75, 3.05) is 6.61 Å². The quantitative estimate of drug-likeness (QED) is 0.503. The summed E-state index contributed by atoms with van der Waals surface area (Å²) in [6.45, 7) is 0.153. The second-order valence-corrected chi connectivity index (χ2v) is 2.27. The van der Waals surface area contributed by atoms with Gasteiger partial charge in [0.05, 0.1) is 6.61 Å². The van der Waals surface area contributed by atoms with Gasteiger partial charge in [0.2, 0.25) is 0 Å². The van der Waals surface area contributed by atoms with Gasteiger partial charge < -0.3 is 9.53 Å². The highest BCUT2D eigenvalue weighted by Gasteiger charge is 1.98. The monoisotopic (exact) mass is 168 g/mol. The minimum Gasteiger partial charge on any atom is -0.369 e. The maximum Gasteiger partial charge on any atom is 0.145 e. The molecule has 0 atom stereocenters. The SMILES string of the molecule is O=CCOCc1ccccc1F. The van der Waals surface area contributed by atoms with E-state index in [-0.39, 0.29) is 19.0 Å². The lowest BCUT2D eigenvalue weighted by Crippen LogP contribution is -1.97.